The molecule has 0 fully saturated rings. The molecule has 1 atom stereocenters. The van der Waals surface area contributed by atoms with Crippen molar-refractivity contribution in [3.63, 3.8) is 0 Å². The first-order chi connectivity index (χ1) is 9.19. The smallest absolute Gasteiger partial charge is 0.118 e. The van der Waals surface area contributed by atoms with Crippen LogP contribution < -0.4 is 10.5 Å². The van der Waals surface area contributed by atoms with Crippen molar-refractivity contribution < 1.29 is 4.74 Å². The highest BCUT2D eigenvalue weighted by atomic mass is 35.5. The second kappa shape index (κ2) is 6.60. The van der Waals surface area contributed by atoms with E-state index in [-0.39, 0.29) is 6.04 Å². The van der Waals surface area contributed by atoms with E-state index in [1.807, 2.05) is 48.5 Å². The Kier molecular flexibility index (Phi) is 4.83. The Hall–Kier alpha value is -1.51. The molecule has 2 aromatic rings. The van der Waals surface area contributed by atoms with Gasteiger partial charge in [0.1, 0.15) is 5.75 Å². The van der Waals surface area contributed by atoms with Gasteiger partial charge < -0.3 is 10.5 Å². The first-order valence-electron chi connectivity index (χ1n) is 6.33. The summed E-state index contributed by atoms with van der Waals surface area (Å²) >= 11 is 5.86. The molecular weight excluding hydrogens is 258 g/mol. The maximum atomic E-state index is 6.20. The number of hydrogen-bond acceptors (Lipinski definition) is 2. The van der Waals surface area contributed by atoms with Gasteiger partial charge in [0.05, 0.1) is 7.11 Å². The van der Waals surface area contributed by atoms with E-state index >= 15 is 0 Å². The third-order valence-corrected chi connectivity index (χ3v) is 3.45. The number of halogens is 1. The minimum absolute atomic E-state index is 0.0431. The summed E-state index contributed by atoms with van der Waals surface area (Å²) in [5.41, 5.74) is 8.59. The summed E-state index contributed by atoms with van der Waals surface area (Å²) in [6.45, 7) is 0. The van der Waals surface area contributed by atoms with Crippen molar-refractivity contribution in [1.82, 2.24) is 0 Å². The van der Waals surface area contributed by atoms with Gasteiger partial charge in [-0.2, -0.15) is 0 Å². The minimum atomic E-state index is 0.0431. The van der Waals surface area contributed by atoms with Gasteiger partial charge in [0, 0.05) is 11.1 Å². The Morgan fingerprint density at radius 2 is 1.68 bits per heavy atom. The summed E-state index contributed by atoms with van der Waals surface area (Å²) < 4.78 is 5.14. The van der Waals surface area contributed by atoms with E-state index in [1.54, 1.807) is 7.11 Å². The van der Waals surface area contributed by atoms with Gasteiger partial charge in [0.2, 0.25) is 0 Å². The zero-order valence-corrected chi connectivity index (χ0v) is 11.7. The normalized spacial score (nSPS) is 12.2. The highest BCUT2D eigenvalue weighted by Gasteiger charge is 2.06. The van der Waals surface area contributed by atoms with Gasteiger partial charge in [-0.05, 0) is 48.2 Å². The molecule has 1 unspecified atom stereocenters. The molecule has 2 N–H and O–H groups in total. The summed E-state index contributed by atoms with van der Waals surface area (Å²) in [4.78, 5) is 0. The number of methoxy groups -OCH3 is 1. The number of hydrogen-bond donors (Lipinski definition) is 1. The van der Waals surface area contributed by atoms with Crippen LogP contribution in [0.5, 0.6) is 5.75 Å². The van der Waals surface area contributed by atoms with Crippen molar-refractivity contribution in [2.45, 2.75) is 18.9 Å². The molecule has 100 valence electrons. The number of rotatable bonds is 5. The molecule has 2 nitrogen and oxygen atoms in total. The minimum Gasteiger partial charge on any atom is -0.497 e. The standard InChI is InChI=1S/C16H18ClNO/c1-19-15-9-5-13(6-10-15)16(18)11-4-12-2-7-14(17)8-3-12/h2-3,5-10,16H,4,11,18H2,1H3. The molecule has 0 saturated heterocycles. The average molecular weight is 276 g/mol. The van der Waals surface area contributed by atoms with E-state index in [9.17, 15) is 0 Å². The van der Waals surface area contributed by atoms with Crippen molar-refractivity contribution in [3.05, 3.63) is 64.7 Å². The summed E-state index contributed by atoms with van der Waals surface area (Å²) in [6.07, 6.45) is 1.86. The maximum absolute atomic E-state index is 6.20. The van der Waals surface area contributed by atoms with Gasteiger partial charge in [-0.15, -0.1) is 0 Å². The Morgan fingerprint density at radius 1 is 1.05 bits per heavy atom. The Bertz CT molecular complexity index is 507. The summed E-state index contributed by atoms with van der Waals surface area (Å²) in [5.74, 6) is 0.855. The fourth-order valence-electron chi connectivity index (χ4n) is 1.99. The van der Waals surface area contributed by atoms with Gasteiger partial charge >= 0.3 is 0 Å². The largest absolute Gasteiger partial charge is 0.497 e. The van der Waals surface area contributed by atoms with E-state index in [0.717, 1.165) is 29.2 Å². The fraction of sp³-hybridized carbons (Fsp3) is 0.250. The second-order valence-electron chi connectivity index (χ2n) is 4.54. The van der Waals surface area contributed by atoms with Crippen LogP contribution in [-0.2, 0) is 6.42 Å². The first-order valence-corrected chi connectivity index (χ1v) is 6.71. The molecule has 2 aromatic carbocycles. The zero-order valence-electron chi connectivity index (χ0n) is 11.0. The Morgan fingerprint density at radius 3 is 2.26 bits per heavy atom. The van der Waals surface area contributed by atoms with Crippen LogP contribution >= 0.6 is 11.6 Å². The number of nitrogens with two attached hydrogens (primary N) is 1. The molecule has 0 aliphatic rings. The van der Waals surface area contributed by atoms with Crippen molar-refractivity contribution in [2.75, 3.05) is 7.11 Å². The molecular formula is C16H18ClNO. The van der Waals surface area contributed by atoms with Crippen LogP contribution in [-0.4, -0.2) is 7.11 Å². The van der Waals surface area contributed by atoms with E-state index in [1.165, 1.54) is 5.56 Å². The van der Waals surface area contributed by atoms with E-state index in [2.05, 4.69) is 0 Å². The SMILES string of the molecule is COc1ccc(C(N)CCc2ccc(Cl)cc2)cc1. The molecule has 0 amide bonds. The van der Waals surface area contributed by atoms with Crippen LogP contribution in [0.15, 0.2) is 48.5 Å². The van der Waals surface area contributed by atoms with Crippen LogP contribution in [0.3, 0.4) is 0 Å². The molecule has 0 heterocycles. The molecule has 0 bridgehead atoms. The summed E-state index contributed by atoms with van der Waals surface area (Å²) in [7, 11) is 1.66. The van der Waals surface area contributed by atoms with E-state index in [0.29, 0.717) is 0 Å². The second-order valence-corrected chi connectivity index (χ2v) is 4.98. The molecule has 19 heavy (non-hydrogen) atoms. The summed E-state index contributed by atoms with van der Waals surface area (Å²) in [5, 5.41) is 0.767. The lowest BCUT2D eigenvalue weighted by Gasteiger charge is -2.12. The van der Waals surface area contributed by atoms with Crippen LogP contribution in [0.1, 0.15) is 23.6 Å². The number of aryl methyl sites for hydroxylation is 1. The van der Waals surface area contributed by atoms with E-state index in [4.69, 9.17) is 22.1 Å². The van der Waals surface area contributed by atoms with Crippen molar-refractivity contribution in [1.29, 1.82) is 0 Å². The first kappa shape index (κ1) is 13.9. The van der Waals surface area contributed by atoms with Crippen molar-refractivity contribution in [2.24, 2.45) is 5.73 Å². The van der Waals surface area contributed by atoms with Gasteiger partial charge in [-0.3, -0.25) is 0 Å². The molecule has 0 radical (unpaired) electrons. The third kappa shape index (κ3) is 3.98. The maximum Gasteiger partial charge on any atom is 0.118 e. The zero-order chi connectivity index (χ0) is 13.7. The van der Waals surface area contributed by atoms with Crippen molar-refractivity contribution in [3.8, 4) is 5.75 Å². The van der Waals surface area contributed by atoms with Crippen molar-refractivity contribution >= 4 is 11.6 Å². The monoisotopic (exact) mass is 275 g/mol. The van der Waals surface area contributed by atoms with Gasteiger partial charge in [0.15, 0.2) is 0 Å². The quantitative estimate of drug-likeness (QED) is 0.896. The van der Waals surface area contributed by atoms with E-state index < -0.39 is 0 Å². The molecule has 0 spiro atoms. The lowest BCUT2D eigenvalue weighted by atomic mass is 10.00. The third-order valence-electron chi connectivity index (χ3n) is 3.20. The predicted octanol–water partition coefficient (Wildman–Crippen LogP) is 3.98. The lowest BCUT2D eigenvalue weighted by molar-refractivity contribution is 0.414. The Balaban J connectivity index is 1.93. The van der Waals surface area contributed by atoms with Gasteiger partial charge in [-0.1, -0.05) is 35.9 Å². The summed E-state index contributed by atoms with van der Waals surface area (Å²) in [6, 6.07) is 15.9. The highest BCUT2D eigenvalue weighted by Crippen LogP contribution is 2.20. The van der Waals surface area contributed by atoms with Crippen LogP contribution in [0.4, 0.5) is 0 Å². The van der Waals surface area contributed by atoms with Crippen LogP contribution in [0.2, 0.25) is 5.02 Å². The molecule has 0 aliphatic carbocycles. The molecule has 0 saturated carbocycles. The highest BCUT2D eigenvalue weighted by molar-refractivity contribution is 6.30. The number of ether oxygens (including phenoxy) is 1. The molecule has 2 rings (SSSR count). The molecule has 0 aliphatic heterocycles. The average Bonchev–Trinajstić information content (AvgIpc) is 2.46. The topological polar surface area (TPSA) is 35.2 Å². The van der Waals surface area contributed by atoms with Crippen LogP contribution in [0, 0.1) is 0 Å². The fourth-order valence-corrected chi connectivity index (χ4v) is 2.12. The Labute approximate surface area is 119 Å². The van der Waals surface area contributed by atoms with Crippen LogP contribution in [0.25, 0.3) is 0 Å². The molecule has 3 heteroatoms. The lowest BCUT2D eigenvalue weighted by Crippen LogP contribution is -2.11. The predicted molar refractivity (Wildman–Crippen MR) is 79.7 cm³/mol. The number of benzene rings is 2. The van der Waals surface area contributed by atoms with Gasteiger partial charge in [-0.25, -0.2) is 0 Å². The molecule has 0 aromatic heterocycles. The van der Waals surface area contributed by atoms with Gasteiger partial charge in [0.25, 0.3) is 0 Å².